The summed E-state index contributed by atoms with van der Waals surface area (Å²) in [7, 11) is 3.11. The Labute approximate surface area is 164 Å². The summed E-state index contributed by atoms with van der Waals surface area (Å²) >= 11 is 0. The van der Waals surface area contributed by atoms with E-state index < -0.39 is 5.97 Å². The number of hydrogen-bond donors (Lipinski definition) is 0. The number of hydrogen-bond acceptors (Lipinski definition) is 5. The molecule has 0 spiro atoms. The maximum Gasteiger partial charge on any atom is 0.331 e. The number of aryl methyl sites for hydroxylation is 1. The van der Waals surface area contributed by atoms with Gasteiger partial charge in [-0.3, -0.25) is 4.79 Å². The Kier molecular flexibility index (Phi) is 6.32. The van der Waals surface area contributed by atoms with Crippen molar-refractivity contribution in [2.75, 3.05) is 32.3 Å². The van der Waals surface area contributed by atoms with Crippen LogP contribution in [-0.4, -0.2) is 39.2 Å². The van der Waals surface area contributed by atoms with Crippen LogP contribution in [0.25, 0.3) is 6.08 Å². The van der Waals surface area contributed by atoms with Gasteiger partial charge in [0.05, 0.1) is 14.2 Å². The fourth-order valence-electron chi connectivity index (χ4n) is 3.18. The van der Waals surface area contributed by atoms with Gasteiger partial charge < -0.3 is 19.1 Å². The van der Waals surface area contributed by atoms with E-state index in [1.165, 1.54) is 6.08 Å². The van der Waals surface area contributed by atoms with E-state index in [4.69, 9.17) is 14.2 Å². The zero-order chi connectivity index (χ0) is 19.9. The van der Waals surface area contributed by atoms with Gasteiger partial charge in [0.1, 0.15) is 11.5 Å². The Hall–Kier alpha value is -3.28. The lowest BCUT2D eigenvalue weighted by Gasteiger charge is -2.29. The molecule has 28 heavy (non-hydrogen) atoms. The molecule has 0 bridgehead atoms. The topological polar surface area (TPSA) is 65.1 Å². The molecular formula is C22H23NO5. The lowest BCUT2D eigenvalue weighted by atomic mass is 10.0. The van der Waals surface area contributed by atoms with E-state index in [2.05, 4.69) is 0 Å². The molecule has 0 saturated carbocycles. The van der Waals surface area contributed by atoms with Crippen molar-refractivity contribution in [3.8, 4) is 11.5 Å². The first-order chi connectivity index (χ1) is 13.6. The molecule has 1 amide bonds. The van der Waals surface area contributed by atoms with Crippen molar-refractivity contribution in [3.63, 3.8) is 0 Å². The van der Waals surface area contributed by atoms with E-state index in [-0.39, 0.29) is 12.5 Å². The lowest BCUT2D eigenvalue weighted by Crippen LogP contribution is -2.38. The standard InChI is InChI=1S/C22H23NO5/c1-26-18-10-11-20(27-2)17(14-18)9-12-22(25)28-15-21(24)23-13-5-7-16-6-3-4-8-19(16)23/h3-4,6,8-12,14H,5,7,13,15H2,1-2H3/b12-9+. The molecule has 3 rings (SSSR count). The van der Waals surface area contributed by atoms with Gasteiger partial charge >= 0.3 is 5.97 Å². The van der Waals surface area contributed by atoms with Crippen LogP contribution < -0.4 is 14.4 Å². The van der Waals surface area contributed by atoms with Crippen LogP contribution in [0.2, 0.25) is 0 Å². The molecular weight excluding hydrogens is 358 g/mol. The van der Waals surface area contributed by atoms with Crippen LogP contribution in [0.15, 0.2) is 48.5 Å². The number of nitrogens with zero attached hydrogens (tertiary/aromatic N) is 1. The van der Waals surface area contributed by atoms with E-state index >= 15 is 0 Å². The number of benzene rings is 2. The maximum absolute atomic E-state index is 12.5. The minimum atomic E-state index is -0.594. The number of rotatable bonds is 6. The van der Waals surface area contributed by atoms with Gasteiger partial charge in [-0.25, -0.2) is 4.79 Å². The van der Waals surface area contributed by atoms with Crippen molar-refractivity contribution in [2.45, 2.75) is 12.8 Å². The summed E-state index contributed by atoms with van der Waals surface area (Å²) in [4.78, 5) is 26.2. The third-order valence-corrected chi connectivity index (χ3v) is 4.59. The van der Waals surface area contributed by atoms with E-state index in [0.717, 1.165) is 24.1 Å². The second-order valence-electron chi connectivity index (χ2n) is 6.33. The zero-order valence-electron chi connectivity index (χ0n) is 16.0. The monoisotopic (exact) mass is 381 g/mol. The van der Waals surface area contributed by atoms with Crippen molar-refractivity contribution in [1.29, 1.82) is 0 Å². The average molecular weight is 381 g/mol. The van der Waals surface area contributed by atoms with Crippen molar-refractivity contribution in [2.24, 2.45) is 0 Å². The summed E-state index contributed by atoms with van der Waals surface area (Å²) < 4.78 is 15.6. The smallest absolute Gasteiger partial charge is 0.331 e. The molecule has 0 fully saturated rings. The van der Waals surface area contributed by atoms with Gasteiger partial charge in [-0.15, -0.1) is 0 Å². The molecule has 0 aromatic heterocycles. The highest BCUT2D eigenvalue weighted by Gasteiger charge is 2.22. The number of carbonyl (C=O) groups excluding carboxylic acids is 2. The summed E-state index contributed by atoms with van der Waals surface area (Å²) in [6.07, 6.45) is 4.69. The highest BCUT2D eigenvalue weighted by Crippen LogP contribution is 2.27. The minimum Gasteiger partial charge on any atom is -0.497 e. The molecule has 1 heterocycles. The number of ether oxygens (including phenoxy) is 3. The van der Waals surface area contributed by atoms with E-state index in [1.54, 1.807) is 43.4 Å². The van der Waals surface area contributed by atoms with Crippen LogP contribution in [0.1, 0.15) is 17.5 Å². The molecule has 0 unspecified atom stereocenters. The molecule has 0 N–H and O–H groups in total. The van der Waals surface area contributed by atoms with Crippen molar-refractivity contribution < 1.29 is 23.8 Å². The highest BCUT2D eigenvalue weighted by molar-refractivity contribution is 5.97. The Morgan fingerprint density at radius 3 is 2.71 bits per heavy atom. The number of amides is 1. The largest absolute Gasteiger partial charge is 0.497 e. The third-order valence-electron chi connectivity index (χ3n) is 4.59. The molecule has 146 valence electrons. The molecule has 2 aromatic carbocycles. The molecule has 2 aromatic rings. The Bertz CT molecular complexity index is 890. The molecule has 1 aliphatic heterocycles. The van der Waals surface area contributed by atoms with E-state index in [9.17, 15) is 9.59 Å². The van der Waals surface area contributed by atoms with Crippen LogP contribution in [0, 0.1) is 0 Å². The highest BCUT2D eigenvalue weighted by atomic mass is 16.5. The minimum absolute atomic E-state index is 0.229. The van der Waals surface area contributed by atoms with Crippen molar-refractivity contribution in [3.05, 3.63) is 59.7 Å². The van der Waals surface area contributed by atoms with Crippen LogP contribution in [-0.2, 0) is 20.7 Å². The molecule has 1 aliphatic rings. The predicted molar refractivity (Wildman–Crippen MR) is 107 cm³/mol. The van der Waals surface area contributed by atoms with Crippen LogP contribution >= 0.6 is 0 Å². The molecule has 0 radical (unpaired) electrons. The number of anilines is 1. The van der Waals surface area contributed by atoms with Gasteiger partial charge in [0, 0.05) is 23.9 Å². The SMILES string of the molecule is COc1ccc(OC)c(/C=C/C(=O)OCC(=O)N2CCCc3ccccc32)c1. The second-order valence-corrected chi connectivity index (χ2v) is 6.33. The maximum atomic E-state index is 12.5. The predicted octanol–water partition coefficient (Wildman–Crippen LogP) is 3.24. The first-order valence-corrected chi connectivity index (χ1v) is 9.07. The van der Waals surface area contributed by atoms with Crippen LogP contribution in [0.4, 0.5) is 5.69 Å². The molecule has 6 nitrogen and oxygen atoms in total. The van der Waals surface area contributed by atoms with Gasteiger partial charge in [-0.2, -0.15) is 0 Å². The number of fused-ring (bicyclic) bond motifs is 1. The molecule has 6 heteroatoms. The summed E-state index contributed by atoms with van der Waals surface area (Å²) in [5.41, 5.74) is 2.71. The Balaban J connectivity index is 1.61. The normalized spacial score (nSPS) is 13.1. The second kappa shape index (κ2) is 9.08. The van der Waals surface area contributed by atoms with E-state index in [0.29, 0.717) is 23.6 Å². The fourth-order valence-corrected chi connectivity index (χ4v) is 3.18. The van der Waals surface area contributed by atoms with Gasteiger partial charge in [-0.05, 0) is 48.7 Å². The lowest BCUT2D eigenvalue weighted by molar-refractivity contribution is -0.142. The van der Waals surface area contributed by atoms with Crippen molar-refractivity contribution in [1.82, 2.24) is 0 Å². The quantitative estimate of drug-likeness (QED) is 0.568. The van der Waals surface area contributed by atoms with Crippen LogP contribution in [0.3, 0.4) is 0 Å². The first-order valence-electron chi connectivity index (χ1n) is 9.07. The Morgan fingerprint density at radius 1 is 1.11 bits per heavy atom. The first kappa shape index (κ1) is 19.5. The number of carbonyl (C=O) groups is 2. The van der Waals surface area contributed by atoms with Gasteiger partial charge in [-0.1, -0.05) is 18.2 Å². The van der Waals surface area contributed by atoms with Gasteiger partial charge in [0.2, 0.25) is 0 Å². The summed E-state index contributed by atoms with van der Waals surface area (Å²) in [6.45, 7) is 0.330. The Morgan fingerprint density at radius 2 is 1.93 bits per heavy atom. The molecule has 0 aliphatic carbocycles. The van der Waals surface area contributed by atoms with E-state index in [1.807, 2.05) is 24.3 Å². The fraction of sp³-hybridized carbons (Fsp3) is 0.273. The number of methoxy groups -OCH3 is 2. The average Bonchev–Trinajstić information content (AvgIpc) is 2.75. The molecule has 0 saturated heterocycles. The van der Waals surface area contributed by atoms with Crippen molar-refractivity contribution >= 4 is 23.6 Å². The summed E-state index contributed by atoms with van der Waals surface area (Å²) in [6, 6.07) is 13.1. The zero-order valence-corrected chi connectivity index (χ0v) is 16.0. The van der Waals surface area contributed by atoms with Crippen LogP contribution in [0.5, 0.6) is 11.5 Å². The number of para-hydroxylation sites is 1. The summed E-state index contributed by atoms with van der Waals surface area (Å²) in [5.74, 6) is 0.426. The molecule has 0 atom stereocenters. The number of esters is 1. The third kappa shape index (κ3) is 4.52. The van der Waals surface area contributed by atoms with Gasteiger partial charge in [0.25, 0.3) is 5.91 Å². The van der Waals surface area contributed by atoms with Gasteiger partial charge in [0.15, 0.2) is 6.61 Å². The summed E-state index contributed by atoms with van der Waals surface area (Å²) in [5, 5.41) is 0.